The molecule has 0 aliphatic carbocycles. The van der Waals surface area contributed by atoms with Gasteiger partial charge in [0, 0.05) is 13.1 Å². The maximum absolute atomic E-state index is 12.8. The quantitative estimate of drug-likeness (QED) is 0.496. The molecule has 1 fully saturated rings. The van der Waals surface area contributed by atoms with E-state index in [4.69, 9.17) is 15.4 Å². The maximum atomic E-state index is 12.8. The van der Waals surface area contributed by atoms with Gasteiger partial charge in [-0.25, -0.2) is 4.39 Å². The molecule has 104 valence electrons. The second kappa shape index (κ2) is 6.63. The minimum absolute atomic E-state index is 0.0174. The zero-order chi connectivity index (χ0) is 14.4. The summed E-state index contributed by atoms with van der Waals surface area (Å²) < 4.78 is 17.9. The molecule has 20 heavy (non-hydrogen) atoms. The molecule has 7 heteroatoms. The third kappa shape index (κ3) is 3.52. The van der Waals surface area contributed by atoms with Crippen LogP contribution in [0.15, 0.2) is 29.4 Å². The largest absolute Gasteiger partial charge is 0.378 e. The van der Waals surface area contributed by atoms with Gasteiger partial charge in [-0.2, -0.15) is 10.4 Å². The summed E-state index contributed by atoms with van der Waals surface area (Å²) in [5.74, 6) is -0.286. The number of nitrogens with one attached hydrogen (secondary N) is 2. The van der Waals surface area contributed by atoms with E-state index in [0.29, 0.717) is 32.0 Å². The lowest BCUT2D eigenvalue weighted by Gasteiger charge is -2.28. The van der Waals surface area contributed by atoms with E-state index in [1.165, 1.54) is 24.3 Å². The Hall–Kier alpha value is -2.46. The van der Waals surface area contributed by atoms with Crippen molar-refractivity contribution in [2.24, 2.45) is 5.10 Å². The minimum Gasteiger partial charge on any atom is -0.378 e. The summed E-state index contributed by atoms with van der Waals surface area (Å²) in [6.45, 7) is 2.20. The van der Waals surface area contributed by atoms with Gasteiger partial charge in [0.15, 0.2) is 5.84 Å². The number of halogens is 1. The van der Waals surface area contributed by atoms with Gasteiger partial charge >= 0.3 is 0 Å². The van der Waals surface area contributed by atoms with Crippen LogP contribution in [-0.2, 0) is 4.74 Å². The molecule has 1 saturated heterocycles. The second-order valence-electron chi connectivity index (χ2n) is 4.14. The molecule has 0 saturated carbocycles. The van der Waals surface area contributed by atoms with Crippen LogP contribution in [0.5, 0.6) is 0 Å². The highest BCUT2D eigenvalue weighted by Gasteiger charge is 2.18. The van der Waals surface area contributed by atoms with Crippen LogP contribution in [0.3, 0.4) is 0 Å². The van der Waals surface area contributed by atoms with E-state index < -0.39 is 0 Å². The summed E-state index contributed by atoms with van der Waals surface area (Å²) >= 11 is 0. The summed E-state index contributed by atoms with van der Waals surface area (Å²) in [6.07, 6.45) is 0. The second-order valence-corrected chi connectivity index (χ2v) is 4.14. The van der Waals surface area contributed by atoms with Gasteiger partial charge in [-0.05, 0) is 24.3 Å². The minimum atomic E-state index is -0.346. The molecule has 2 rings (SSSR count). The molecule has 1 heterocycles. The standard InChI is InChI=1S/C13H14FN5O/c14-10-1-3-11(4-2-10)17-18-12(9-15)13(16)19-5-7-20-8-6-19/h1-4,16-17H,5-8H2. The Labute approximate surface area is 116 Å². The van der Waals surface area contributed by atoms with Gasteiger partial charge in [0.05, 0.1) is 18.9 Å². The first-order valence-electron chi connectivity index (χ1n) is 6.11. The number of morpholine rings is 1. The van der Waals surface area contributed by atoms with E-state index in [0.717, 1.165) is 0 Å². The number of amidine groups is 1. The molecule has 0 radical (unpaired) electrons. The molecule has 1 aromatic rings. The van der Waals surface area contributed by atoms with Crippen LogP contribution in [-0.4, -0.2) is 42.8 Å². The molecule has 1 aromatic carbocycles. The molecule has 2 N–H and O–H groups in total. The molecule has 0 atom stereocenters. The molecule has 0 unspecified atom stereocenters. The van der Waals surface area contributed by atoms with E-state index in [1.807, 2.05) is 6.07 Å². The highest BCUT2D eigenvalue weighted by atomic mass is 19.1. The van der Waals surface area contributed by atoms with Gasteiger partial charge in [-0.15, -0.1) is 0 Å². The molecular weight excluding hydrogens is 261 g/mol. The first-order chi connectivity index (χ1) is 9.70. The number of nitrogens with zero attached hydrogens (tertiary/aromatic N) is 3. The predicted octanol–water partition coefficient (Wildman–Crippen LogP) is 1.43. The summed E-state index contributed by atoms with van der Waals surface area (Å²) in [5, 5.41) is 20.9. The number of hydrazone groups is 1. The Morgan fingerprint density at radius 2 is 2.00 bits per heavy atom. The third-order valence-corrected chi connectivity index (χ3v) is 2.80. The molecule has 0 bridgehead atoms. The third-order valence-electron chi connectivity index (χ3n) is 2.80. The van der Waals surface area contributed by atoms with Crippen molar-refractivity contribution in [1.82, 2.24) is 4.90 Å². The van der Waals surface area contributed by atoms with E-state index in [9.17, 15) is 4.39 Å². The Morgan fingerprint density at radius 3 is 2.60 bits per heavy atom. The van der Waals surface area contributed by atoms with E-state index in [-0.39, 0.29) is 17.4 Å². The van der Waals surface area contributed by atoms with Crippen LogP contribution >= 0.6 is 0 Å². The van der Waals surface area contributed by atoms with Crippen molar-refractivity contribution in [2.75, 3.05) is 31.7 Å². The van der Waals surface area contributed by atoms with Crippen LogP contribution in [0.2, 0.25) is 0 Å². The molecule has 0 aromatic heterocycles. The number of hydrogen-bond donors (Lipinski definition) is 2. The normalized spacial score (nSPS) is 15.6. The highest BCUT2D eigenvalue weighted by molar-refractivity contribution is 6.46. The van der Waals surface area contributed by atoms with Gasteiger partial charge in [0.2, 0.25) is 5.71 Å². The van der Waals surface area contributed by atoms with Crippen molar-refractivity contribution in [1.29, 1.82) is 10.7 Å². The first-order valence-corrected chi connectivity index (χ1v) is 6.11. The van der Waals surface area contributed by atoms with Gasteiger partial charge in [-0.3, -0.25) is 10.8 Å². The predicted molar refractivity (Wildman–Crippen MR) is 73.2 cm³/mol. The molecule has 1 aliphatic heterocycles. The average molecular weight is 275 g/mol. The zero-order valence-corrected chi connectivity index (χ0v) is 10.8. The highest BCUT2D eigenvalue weighted by Crippen LogP contribution is 2.08. The Balaban J connectivity index is 2.03. The molecule has 6 nitrogen and oxygen atoms in total. The Morgan fingerprint density at radius 1 is 1.35 bits per heavy atom. The molecular formula is C13H14FN5O. The number of anilines is 1. The van der Waals surface area contributed by atoms with Crippen LogP contribution < -0.4 is 5.43 Å². The fourth-order valence-electron chi connectivity index (χ4n) is 1.71. The summed E-state index contributed by atoms with van der Waals surface area (Å²) in [7, 11) is 0. The number of benzene rings is 1. The first kappa shape index (κ1) is 14.0. The van der Waals surface area contributed by atoms with Crippen molar-refractivity contribution < 1.29 is 9.13 Å². The topological polar surface area (TPSA) is 84.5 Å². The zero-order valence-electron chi connectivity index (χ0n) is 10.8. The maximum Gasteiger partial charge on any atom is 0.202 e. The SMILES string of the molecule is N#CC(=NNc1ccc(F)cc1)C(=N)N1CCOCC1. The van der Waals surface area contributed by atoms with Crippen LogP contribution in [0.1, 0.15) is 0 Å². The fourth-order valence-corrected chi connectivity index (χ4v) is 1.71. The van der Waals surface area contributed by atoms with E-state index in [2.05, 4.69) is 10.5 Å². The fraction of sp³-hybridized carbons (Fsp3) is 0.308. The lowest BCUT2D eigenvalue weighted by Crippen LogP contribution is -2.43. The van der Waals surface area contributed by atoms with Crippen LogP contribution in [0.25, 0.3) is 0 Å². The number of rotatable bonds is 3. The van der Waals surface area contributed by atoms with E-state index in [1.54, 1.807) is 4.90 Å². The van der Waals surface area contributed by atoms with Gasteiger partial charge in [0.25, 0.3) is 0 Å². The summed E-state index contributed by atoms with van der Waals surface area (Å²) in [6, 6.07) is 7.48. The van der Waals surface area contributed by atoms with Gasteiger partial charge in [-0.1, -0.05) is 0 Å². The monoisotopic (exact) mass is 275 g/mol. The average Bonchev–Trinajstić information content (AvgIpc) is 2.50. The molecule has 1 aliphatic rings. The number of hydrogen-bond acceptors (Lipinski definition) is 5. The summed E-state index contributed by atoms with van der Waals surface area (Å²) in [4.78, 5) is 1.73. The van der Waals surface area contributed by atoms with Crippen molar-refractivity contribution in [3.63, 3.8) is 0 Å². The van der Waals surface area contributed by atoms with Crippen LogP contribution in [0.4, 0.5) is 10.1 Å². The number of nitriles is 1. The Kier molecular flexibility index (Phi) is 4.63. The molecule has 0 spiro atoms. The van der Waals surface area contributed by atoms with Gasteiger partial charge in [0.1, 0.15) is 11.9 Å². The molecule has 0 amide bonds. The smallest absolute Gasteiger partial charge is 0.202 e. The van der Waals surface area contributed by atoms with Crippen molar-refractivity contribution in [3.8, 4) is 6.07 Å². The van der Waals surface area contributed by atoms with Crippen molar-refractivity contribution >= 4 is 17.2 Å². The van der Waals surface area contributed by atoms with E-state index >= 15 is 0 Å². The lowest BCUT2D eigenvalue weighted by molar-refractivity contribution is 0.0686. The Bertz CT molecular complexity index is 543. The van der Waals surface area contributed by atoms with Crippen molar-refractivity contribution in [2.45, 2.75) is 0 Å². The lowest BCUT2D eigenvalue weighted by atomic mass is 10.3. The number of ether oxygens (including phenoxy) is 1. The summed E-state index contributed by atoms with van der Waals surface area (Å²) in [5.41, 5.74) is 3.18. The van der Waals surface area contributed by atoms with Crippen molar-refractivity contribution in [3.05, 3.63) is 30.1 Å². The van der Waals surface area contributed by atoms with Crippen LogP contribution in [0, 0.1) is 22.6 Å². The van der Waals surface area contributed by atoms with Gasteiger partial charge < -0.3 is 9.64 Å².